The lowest BCUT2D eigenvalue weighted by atomic mass is 10.1. The summed E-state index contributed by atoms with van der Waals surface area (Å²) < 4.78 is 0. The molecule has 15 heavy (non-hydrogen) atoms. The van der Waals surface area contributed by atoms with E-state index < -0.39 is 0 Å². The fourth-order valence-electron chi connectivity index (χ4n) is 1.63. The van der Waals surface area contributed by atoms with Crippen molar-refractivity contribution in [3.8, 4) is 11.1 Å². The molecule has 0 amide bonds. The summed E-state index contributed by atoms with van der Waals surface area (Å²) in [5.41, 5.74) is 2.60. The van der Waals surface area contributed by atoms with Gasteiger partial charge in [0.2, 0.25) is 0 Å². The van der Waals surface area contributed by atoms with Gasteiger partial charge in [0.05, 0.1) is 0 Å². The van der Waals surface area contributed by atoms with Crippen molar-refractivity contribution >= 4 is 14.0 Å². The van der Waals surface area contributed by atoms with Crippen LogP contribution in [0.2, 0.25) is 13.1 Å². The molecule has 0 radical (unpaired) electrons. The second kappa shape index (κ2) is 4.45. The molecule has 0 fully saturated rings. The van der Waals surface area contributed by atoms with Gasteiger partial charge in [-0.05, 0) is 11.1 Å². The zero-order chi connectivity index (χ0) is 10.7. The molecule has 0 aliphatic rings. The van der Waals surface area contributed by atoms with Crippen molar-refractivity contribution in [1.29, 1.82) is 0 Å². The van der Waals surface area contributed by atoms with Crippen molar-refractivity contribution in [2.24, 2.45) is 0 Å². The lowest BCUT2D eigenvalue weighted by Crippen LogP contribution is -2.21. The molecule has 0 aliphatic carbocycles. The fourth-order valence-corrected chi connectivity index (χ4v) is 2.46. The predicted molar refractivity (Wildman–Crippen MR) is 69.0 cm³/mol. The first-order valence-electron chi connectivity index (χ1n) is 5.23. The Bertz CT molecular complexity index is 415. The lowest BCUT2D eigenvalue weighted by molar-refractivity contribution is 1.63. The van der Waals surface area contributed by atoms with Gasteiger partial charge < -0.3 is 0 Å². The van der Waals surface area contributed by atoms with Gasteiger partial charge >= 0.3 is 0 Å². The molecule has 0 spiro atoms. The lowest BCUT2D eigenvalue weighted by Gasteiger charge is -2.18. The van der Waals surface area contributed by atoms with E-state index in [2.05, 4.69) is 67.7 Å². The zero-order valence-corrected chi connectivity index (χ0v) is 10.2. The minimum atomic E-state index is -0.310. The third-order valence-corrected chi connectivity index (χ3v) is 4.06. The Morgan fingerprint density at radius 3 is 1.73 bits per heavy atom. The van der Waals surface area contributed by atoms with Gasteiger partial charge in [-0.1, -0.05) is 54.6 Å². The molecule has 1 heteroatoms. The van der Waals surface area contributed by atoms with E-state index in [9.17, 15) is 0 Å². The van der Waals surface area contributed by atoms with Gasteiger partial charge in [0, 0.05) is 0 Å². The normalized spacial score (nSPS) is 10.0. The van der Waals surface area contributed by atoms with Crippen molar-refractivity contribution in [3.63, 3.8) is 0 Å². The monoisotopic (exact) mass is 211 g/mol. The Balaban J connectivity index is 2.32. The maximum absolute atomic E-state index is 2.32. The molecule has 76 valence electrons. The third-order valence-electron chi connectivity index (χ3n) is 2.57. The molecular formula is C14H15Si-. The van der Waals surface area contributed by atoms with Gasteiger partial charge in [0.15, 0.2) is 0 Å². The van der Waals surface area contributed by atoms with Crippen LogP contribution in [-0.2, 0) is 0 Å². The Hall–Kier alpha value is -1.34. The van der Waals surface area contributed by atoms with E-state index in [1.807, 2.05) is 0 Å². The molecule has 0 unspecified atom stereocenters. The standard InChI is InChI=1S/C14H15Si/c1-15(2)14-10-8-13(9-11-14)12-6-4-3-5-7-12/h3-11H,1-2H3/q-1. The van der Waals surface area contributed by atoms with Crippen LogP contribution < -0.4 is 5.19 Å². The molecule has 2 aromatic carbocycles. The van der Waals surface area contributed by atoms with Crippen molar-refractivity contribution in [3.05, 3.63) is 54.6 Å². The molecule has 2 rings (SSSR count). The van der Waals surface area contributed by atoms with Crippen molar-refractivity contribution in [1.82, 2.24) is 0 Å². The molecule has 0 nitrogen and oxygen atoms in total. The van der Waals surface area contributed by atoms with Crippen LogP contribution in [0.5, 0.6) is 0 Å². The number of hydrogen-bond donors (Lipinski definition) is 0. The average Bonchev–Trinajstić information content (AvgIpc) is 2.30. The van der Waals surface area contributed by atoms with Crippen LogP contribution in [0.25, 0.3) is 11.1 Å². The summed E-state index contributed by atoms with van der Waals surface area (Å²) in [6.07, 6.45) is 0. The van der Waals surface area contributed by atoms with Gasteiger partial charge in [-0.2, -0.15) is 18.3 Å². The second-order valence-corrected chi connectivity index (χ2v) is 6.52. The van der Waals surface area contributed by atoms with Crippen LogP contribution in [-0.4, -0.2) is 8.80 Å². The van der Waals surface area contributed by atoms with Crippen LogP contribution in [0.4, 0.5) is 0 Å². The topological polar surface area (TPSA) is 0 Å². The van der Waals surface area contributed by atoms with Gasteiger partial charge in [-0.25, -0.2) is 0 Å². The summed E-state index contributed by atoms with van der Waals surface area (Å²) in [5.74, 6) is 0. The molecule has 0 saturated carbocycles. The van der Waals surface area contributed by atoms with Crippen LogP contribution in [0.3, 0.4) is 0 Å². The Kier molecular flexibility index (Phi) is 3.02. The minimum absolute atomic E-state index is 0.310. The smallest absolute Gasteiger partial charge is 0.0184 e. The molecule has 0 aliphatic heterocycles. The highest BCUT2D eigenvalue weighted by Gasteiger charge is 1.94. The zero-order valence-electron chi connectivity index (χ0n) is 9.20. The summed E-state index contributed by atoms with van der Waals surface area (Å²) in [7, 11) is -0.310. The number of benzene rings is 2. The molecule has 0 atom stereocenters. The quantitative estimate of drug-likeness (QED) is 0.669. The molecule has 0 N–H and O–H groups in total. The fraction of sp³-hybridized carbons (Fsp3) is 0.143. The average molecular weight is 211 g/mol. The van der Waals surface area contributed by atoms with E-state index in [1.165, 1.54) is 16.3 Å². The van der Waals surface area contributed by atoms with Crippen LogP contribution >= 0.6 is 0 Å². The van der Waals surface area contributed by atoms with Gasteiger partial charge in [0.25, 0.3) is 0 Å². The molecule has 0 aromatic heterocycles. The van der Waals surface area contributed by atoms with Crippen molar-refractivity contribution < 1.29 is 0 Å². The summed E-state index contributed by atoms with van der Waals surface area (Å²) in [4.78, 5) is 0. The first-order valence-corrected chi connectivity index (χ1v) is 7.73. The molecule has 2 aromatic rings. The van der Waals surface area contributed by atoms with E-state index in [-0.39, 0.29) is 8.80 Å². The number of hydrogen-bond acceptors (Lipinski definition) is 0. The molecule has 0 bridgehead atoms. The Labute approximate surface area is 93.2 Å². The van der Waals surface area contributed by atoms with E-state index >= 15 is 0 Å². The van der Waals surface area contributed by atoms with E-state index in [0.29, 0.717) is 0 Å². The van der Waals surface area contributed by atoms with Crippen LogP contribution in [0.1, 0.15) is 0 Å². The largest absolute Gasteiger partial charge is 0.292 e. The minimum Gasteiger partial charge on any atom is -0.292 e. The molecule has 0 heterocycles. The highest BCUT2D eigenvalue weighted by molar-refractivity contribution is 6.70. The first kappa shape index (κ1) is 10.2. The van der Waals surface area contributed by atoms with E-state index in [4.69, 9.17) is 0 Å². The summed E-state index contributed by atoms with van der Waals surface area (Å²) in [6.45, 7) is 4.64. The van der Waals surface area contributed by atoms with Crippen molar-refractivity contribution in [2.75, 3.05) is 0 Å². The summed E-state index contributed by atoms with van der Waals surface area (Å²) in [6, 6.07) is 19.5. The maximum Gasteiger partial charge on any atom is -0.0184 e. The number of rotatable bonds is 2. The SMILES string of the molecule is C[Si-](C)c1ccc(-c2ccccc2)cc1. The van der Waals surface area contributed by atoms with Gasteiger partial charge in [-0.15, -0.1) is 0 Å². The Morgan fingerprint density at radius 2 is 1.20 bits per heavy atom. The third kappa shape index (κ3) is 2.36. The molecular weight excluding hydrogens is 196 g/mol. The summed E-state index contributed by atoms with van der Waals surface area (Å²) in [5, 5.41) is 1.50. The first-order chi connectivity index (χ1) is 7.27. The molecule has 0 saturated heterocycles. The van der Waals surface area contributed by atoms with E-state index in [1.54, 1.807) is 0 Å². The van der Waals surface area contributed by atoms with Gasteiger partial charge in [0.1, 0.15) is 0 Å². The van der Waals surface area contributed by atoms with Crippen LogP contribution in [0.15, 0.2) is 54.6 Å². The highest BCUT2D eigenvalue weighted by Crippen LogP contribution is 2.17. The van der Waals surface area contributed by atoms with Gasteiger partial charge in [-0.3, -0.25) is 8.80 Å². The van der Waals surface area contributed by atoms with Crippen molar-refractivity contribution in [2.45, 2.75) is 13.1 Å². The highest BCUT2D eigenvalue weighted by atomic mass is 28.3. The summed E-state index contributed by atoms with van der Waals surface area (Å²) >= 11 is 0. The van der Waals surface area contributed by atoms with Crippen LogP contribution in [0, 0.1) is 0 Å². The Morgan fingerprint density at radius 1 is 0.667 bits per heavy atom. The maximum atomic E-state index is 2.32. The predicted octanol–water partition coefficient (Wildman–Crippen LogP) is 3.32. The van der Waals surface area contributed by atoms with E-state index in [0.717, 1.165) is 0 Å². The second-order valence-electron chi connectivity index (χ2n) is 3.94.